The summed E-state index contributed by atoms with van der Waals surface area (Å²) >= 11 is 1.28. The van der Waals surface area contributed by atoms with Gasteiger partial charge in [0, 0.05) is 25.3 Å². The highest BCUT2D eigenvalue weighted by Gasteiger charge is 2.26. The molecule has 11 heteroatoms. The lowest BCUT2D eigenvalue weighted by molar-refractivity contribution is -0.120. The summed E-state index contributed by atoms with van der Waals surface area (Å²) in [5.41, 5.74) is 0.696. The van der Waals surface area contributed by atoms with Gasteiger partial charge in [0.15, 0.2) is 5.82 Å². The molecule has 3 heterocycles. The van der Waals surface area contributed by atoms with Gasteiger partial charge in [-0.2, -0.15) is 5.10 Å². The molecule has 1 saturated heterocycles. The second kappa shape index (κ2) is 9.31. The third kappa shape index (κ3) is 5.12. The van der Waals surface area contributed by atoms with Crippen molar-refractivity contribution in [2.24, 2.45) is 0 Å². The number of hydrogen-bond donors (Lipinski definition) is 2. The number of anilines is 3. The highest BCUT2D eigenvalue weighted by atomic mass is 32.1. The van der Waals surface area contributed by atoms with Crippen molar-refractivity contribution in [2.75, 3.05) is 42.7 Å². The molecule has 2 aromatic heterocycles. The van der Waals surface area contributed by atoms with Crippen LogP contribution < -0.4 is 15.5 Å². The monoisotopic (exact) mass is 442 g/mol. The van der Waals surface area contributed by atoms with Crippen LogP contribution in [0.25, 0.3) is 0 Å². The van der Waals surface area contributed by atoms with Crippen LogP contribution in [0.15, 0.2) is 42.6 Å². The number of halogens is 1. The summed E-state index contributed by atoms with van der Waals surface area (Å²) < 4.78 is 13.2. The van der Waals surface area contributed by atoms with Crippen LogP contribution >= 0.6 is 11.3 Å². The van der Waals surface area contributed by atoms with Gasteiger partial charge in [-0.05, 0) is 50.3 Å². The van der Waals surface area contributed by atoms with Crippen LogP contribution in [0.5, 0.6) is 0 Å². The predicted octanol–water partition coefficient (Wildman–Crippen LogP) is 2.40. The fraction of sp³-hybridized carbons (Fsp3) is 0.350. The lowest BCUT2D eigenvalue weighted by Gasteiger charge is -2.23. The average Bonchev–Trinajstić information content (AvgIpc) is 3.40. The molecule has 1 unspecified atom stereocenters. The van der Waals surface area contributed by atoms with E-state index in [1.165, 1.54) is 23.5 Å². The van der Waals surface area contributed by atoms with Crippen molar-refractivity contribution in [2.45, 2.75) is 18.5 Å². The maximum atomic E-state index is 13.2. The molecule has 1 aromatic carbocycles. The van der Waals surface area contributed by atoms with Gasteiger partial charge in [-0.15, -0.1) is 15.3 Å². The number of nitrogens with zero attached hydrogens (tertiary/aromatic N) is 6. The van der Waals surface area contributed by atoms with E-state index in [9.17, 15) is 9.18 Å². The summed E-state index contributed by atoms with van der Waals surface area (Å²) in [5, 5.41) is 23.6. The minimum Gasteiger partial charge on any atom is -0.355 e. The van der Waals surface area contributed by atoms with Gasteiger partial charge in [0.25, 0.3) is 0 Å². The zero-order valence-electron chi connectivity index (χ0n) is 17.2. The maximum Gasteiger partial charge on any atom is 0.248 e. The van der Waals surface area contributed by atoms with Crippen molar-refractivity contribution in [3.63, 3.8) is 0 Å². The van der Waals surface area contributed by atoms with E-state index >= 15 is 0 Å². The molecular weight excluding hydrogens is 419 g/mol. The summed E-state index contributed by atoms with van der Waals surface area (Å²) in [6.45, 7) is 1.66. The molecule has 9 nitrogen and oxygen atoms in total. The second-order valence-corrected chi connectivity index (χ2v) is 8.45. The van der Waals surface area contributed by atoms with Crippen LogP contribution in [0.2, 0.25) is 0 Å². The number of benzene rings is 1. The summed E-state index contributed by atoms with van der Waals surface area (Å²) in [4.78, 5) is 16.8. The van der Waals surface area contributed by atoms with E-state index in [0.717, 1.165) is 25.3 Å². The van der Waals surface area contributed by atoms with E-state index in [2.05, 4.69) is 35.9 Å². The predicted molar refractivity (Wildman–Crippen MR) is 118 cm³/mol. The highest BCUT2D eigenvalue weighted by molar-refractivity contribution is 7.19. The van der Waals surface area contributed by atoms with Crippen molar-refractivity contribution >= 4 is 33.3 Å². The summed E-state index contributed by atoms with van der Waals surface area (Å²) in [7, 11) is 3.59. The lowest BCUT2D eigenvalue weighted by Crippen LogP contribution is -2.32. The summed E-state index contributed by atoms with van der Waals surface area (Å²) in [5.74, 6) is 0.257. The van der Waals surface area contributed by atoms with E-state index in [1.807, 2.05) is 12.1 Å². The van der Waals surface area contributed by atoms with Crippen LogP contribution in [-0.2, 0) is 4.79 Å². The first-order valence-corrected chi connectivity index (χ1v) is 10.7. The molecule has 0 aliphatic carbocycles. The van der Waals surface area contributed by atoms with Gasteiger partial charge in [0.2, 0.25) is 16.2 Å². The Balaban J connectivity index is 1.36. The molecule has 162 valence electrons. The molecule has 0 saturated carbocycles. The number of rotatable bonds is 7. The van der Waals surface area contributed by atoms with Gasteiger partial charge >= 0.3 is 0 Å². The topological polar surface area (TPSA) is 99.2 Å². The molecule has 0 spiro atoms. The zero-order chi connectivity index (χ0) is 21.8. The van der Waals surface area contributed by atoms with Crippen LogP contribution in [0.3, 0.4) is 0 Å². The molecule has 1 aliphatic rings. The Kier molecular flexibility index (Phi) is 6.33. The standard InChI is InChI=1S/C20H23FN8OS/c1-28(2)17(13-5-7-14(21)8-6-13)18(30)24-20-27-26-19(31-20)23-15-9-11-29(12-15)16-4-3-10-22-25-16/h3-8,10,15,17H,9,11-12H2,1-2H3,(H,23,26)(H,24,27,30)/t15-,17?/m1/s1. The van der Waals surface area contributed by atoms with Crippen molar-refractivity contribution in [1.29, 1.82) is 0 Å². The Morgan fingerprint density at radius 3 is 2.68 bits per heavy atom. The molecule has 4 rings (SSSR count). The maximum absolute atomic E-state index is 13.2. The van der Waals surface area contributed by atoms with Gasteiger partial charge in [0.05, 0.1) is 0 Å². The van der Waals surface area contributed by atoms with Crippen molar-refractivity contribution in [1.82, 2.24) is 25.3 Å². The third-order valence-corrected chi connectivity index (χ3v) is 5.77. The summed E-state index contributed by atoms with van der Waals surface area (Å²) in [6.07, 6.45) is 2.59. The first kappa shape index (κ1) is 21.1. The van der Waals surface area contributed by atoms with E-state index < -0.39 is 6.04 Å². The quantitative estimate of drug-likeness (QED) is 0.576. The minimum atomic E-state index is -0.573. The minimum absolute atomic E-state index is 0.201. The Morgan fingerprint density at radius 1 is 1.19 bits per heavy atom. The number of amides is 1. The van der Waals surface area contributed by atoms with E-state index in [4.69, 9.17) is 0 Å². The normalized spacial score (nSPS) is 17.0. The fourth-order valence-corrected chi connectivity index (χ4v) is 4.28. The van der Waals surface area contributed by atoms with E-state index in [1.54, 1.807) is 37.3 Å². The van der Waals surface area contributed by atoms with Crippen molar-refractivity contribution in [3.05, 3.63) is 54.0 Å². The SMILES string of the molecule is CN(C)C(C(=O)Nc1nnc(N[C@@H]2CCN(c3cccnn3)C2)s1)c1ccc(F)cc1. The first-order valence-electron chi connectivity index (χ1n) is 9.85. The zero-order valence-corrected chi connectivity index (χ0v) is 18.0. The molecule has 31 heavy (non-hydrogen) atoms. The molecule has 2 N–H and O–H groups in total. The van der Waals surface area contributed by atoms with E-state index in [-0.39, 0.29) is 17.8 Å². The number of nitrogens with one attached hydrogen (secondary N) is 2. The van der Waals surface area contributed by atoms with Gasteiger partial charge in [0.1, 0.15) is 11.9 Å². The van der Waals surface area contributed by atoms with Crippen molar-refractivity contribution in [3.8, 4) is 0 Å². The number of aromatic nitrogens is 4. The van der Waals surface area contributed by atoms with E-state index in [0.29, 0.717) is 15.8 Å². The molecule has 1 aliphatic heterocycles. The molecular formula is C20H23FN8OS. The second-order valence-electron chi connectivity index (χ2n) is 7.48. The van der Waals surface area contributed by atoms with Crippen LogP contribution in [-0.4, -0.2) is 64.4 Å². The smallest absolute Gasteiger partial charge is 0.248 e. The lowest BCUT2D eigenvalue weighted by atomic mass is 10.1. The Bertz CT molecular complexity index is 1010. The fourth-order valence-electron chi connectivity index (χ4n) is 3.56. The van der Waals surface area contributed by atoms with Gasteiger partial charge in [-0.25, -0.2) is 4.39 Å². The molecule has 1 amide bonds. The van der Waals surface area contributed by atoms with Crippen LogP contribution in [0.4, 0.5) is 20.5 Å². The Morgan fingerprint density at radius 2 is 1.97 bits per heavy atom. The van der Waals surface area contributed by atoms with Gasteiger partial charge in [-0.3, -0.25) is 15.0 Å². The van der Waals surface area contributed by atoms with Crippen LogP contribution in [0.1, 0.15) is 18.0 Å². The Hall–Kier alpha value is -3.18. The molecule has 2 atom stereocenters. The highest BCUT2D eigenvalue weighted by Crippen LogP contribution is 2.26. The number of hydrogen-bond acceptors (Lipinski definition) is 9. The largest absolute Gasteiger partial charge is 0.355 e. The average molecular weight is 443 g/mol. The summed E-state index contributed by atoms with van der Waals surface area (Å²) in [6, 6.07) is 9.34. The molecule has 0 radical (unpaired) electrons. The van der Waals surface area contributed by atoms with Gasteiger partial charge in [-0.1, -0.05) is 23.5 Å². The Labute approximate surface area is 183 Å². The van der Waals surface area contributed by atoms with Crippen molar-refractivity contribution < 1.29 is 9.18 Å². The number of carbonyl (C=O) groups excluding carboxylic acids is 1. The molecule has 1 fully saturated rings. The molecule has 3 aromatic rings. The van der Waals surface area contributed by atoms with Gasteiger partial charge < -0.3 is 10.2 Å². The number of likely N-dealkylation sites (N-methyl/N-ethyl adjacent to an activating group) is 1. The first-order chi connectivity index (χ1) is 15.0. The number of carbonyl (C=O) groups is 1. The van der Waals surface area contributed by atoms with Crippen LogP contribution in [0, 0.1) is 5.82 Å². The third-order valence-electron chi connectivity index (χ3n) is 5.00. The molecule has 0 bridgehead atoms.